The van der Waals surface area contributed by atoms with Gasteiger partial charge in [0.25, 0.3) is 0 Å². The van der Waals surface area contributed by atoms with Crippen LogP contribution in [0, 0.1) is 23.7 Å². The van der Waals surface area contributed by atoms with E-state index in [1.807, 2.05) is 0 Å². The molecule has 0 N–H and O–H groups in total. The van der Waals surface area contributed by atoms with E-state index in [-0.39, 0.29) is 0 Å². The van der Waals surface area contributed by atoms with Gasteiger partial charge in [0.05, 0.1) is 0 Å². The summed E-state index contributed by atoms with van der Waals surface area (Å²) in [5.74, 6) is 3.84. The Morgan fingerprint density at radius 3 is 1.70 bits per heavy atom. The van der Waals surface area contributed by atoms with Crippen LogP contribution in [0.4, 0.5) is 0 Å². The van der Waals surface area contributed by atoms with E-state index in [2.05, 4.69) is 38.2 Å². The molecule has 0 unspecified atom stereocenters. The second-order valence-electron chi connectivity index (χ2n) is 8.19. The Labute approximate surface area is 145 Å². The van der Waals surface area contributed by atoms with Crippen molar-refractivity contribution in [3.8, 4) is 0 Å². The summed E-state index contributed by atoms with van der Waals surface area (Å²) in [6.45, 7) is 4.57. The molecule has 0 heterocycles. The van der Waals surface area contributed by atoms with Crippen molar-refractivity contribution >= 4 is 0 Å². The number of rotatable bonds is 8. The fourth-order valence-corrected chi connectivity index (χ4v) is 4.70. The molecule has 132 valence electrons. The van der Waals surface area contributed by atoms with Crippen LogP contribution in [0.25, 0.3) is 0 Å². The summed E-state index contributed by atoms with van der Waals surface area (Å²) in [5, 5.41) is 0. The fraction of sp³-hybridized carbons (Fsp3) is 0.826. The van der Waals surface area contributed by atoms with Crippen molar-refractivity contribution in [3.05, 3.63) is 24.3 Å². The average molecular weight is 317 g/mol. The van der Waals surface area contributed by atoms with Gasteiger partial charge in [0, 0.05) is 0 Å². The summed E-state index contributed by atoms with van der Waals surface area (Å²) in [7, 11) is 0. The molecule has 0 spiro atoms. The third-order valence-electron chi connectivity index (χ3n) is 6.27. The van der Waals surface area contributed by atoms with E-state index in [0.717, 1.165) is 23.7 Å². The zero-order valence-electron chi connectivity index (χ0n) is 15.8. The fourth-order valence-electron chi connectivity index (χ4n) is 4.70. The van der Waals surface area contributed by atoms with Crippen LogP contribution in [0.15, 0.2) is 24.3 Å². The third kappa shape index (κ3) is 7.27. The molecular weight excluding hydrogens is 276 g/mol. The molecular formula is C23H40. The monoisotopic (exact) mass is 316 g/mol. The normalized spacial score (nSPS) is 32.8. The third-order valence-corrected chi connectivity index (χ3v) is 6.27. The molecule has 0 aromatic rings. The van der Waals surface area contributed by atoms with Crippen LogP contribution in [-0.2, 0) is 0 Å². The first-order valence-corrected chi connectivity index (χ1v) is 10.6. The van der Waals surface area contributed by atoms with E-state index in [1.165, 1.54) is 83.5 Å². The molecule has 0 atom stereocenters. The molecule has 0 aromatic carbocycles. The molecule has 0 aliphatic heterocycles. The Bertz CT molecular complexity index is 335. The minimum atomic E-state index is 0.873. The lowest BCUT2D eigenvalue weighted by atomic mass is 9.78. The molecule has 2 rings (SSSR count). The summed E-state index contributed by atoms with van der Waals surface area (Å²) in [5.41, 5.74) is 0. The summed E-state index contributed by atoms with van der Waals surface area (Å²) in [4.78, 5) is 0. The molecule has 2 fully saturated rings. The van der Waals surface area contributed by atoms with Crippen LogP contribution < -0.4 is 0 Å². The average Bonchev–Trinajstić information content (AvgIpc) is 2.59. The van der Waals surface area contributed by atoms with Crippen molar-refractivity contribution in [3.63, 3.8) is 0 Å². The first kappa shape index (κ1) is 18.8. The van der Waals surface area contributed by atoms with E-state index >= 15 is 0 Å². The first-order chi connectivity index (χ1) is 11.3. The Balaban J connectivity index is 1.55. The predicted octanol–water partition coefficient (Wildman–Crippen LogP) is 7.70. The van der Waals surface area contributed by atoms with E-state index in [4.69, 9.17) is 0 Å². The minimum absolute atomic E-state index is 0.873. The van der Waals surface area contributed by atoms with Crippen LogP contribution in [0.3, 0.4) is 0 Å². The van der Waals surface area contributed by atoms with Gasteiger partial charge in [0.2, 0.25) is 0 Å². The Hall–Kier alpha value is -0.520. The summed E-state index contributed by atoms with van der Waals surface area (Å²) >= 11 is 0. The van der Waals surface area contributed by atoms with E-state index in [9.17, 15) is 0 Å². The molecule has 2 saturated carbocycles. The predicted molar refractivity (Wildman–Crippen MR) is 104 cm³/mol. The van der Waals surface area contributed by atoms with Crippen molar-refractivity contribution in [2.24, 2.45) is 23.7 Å². The molecule has 0 nitrogen and oxygen atoms in total. The highest BCUT2D eigenvalue weighted by Gasteiger charge is 2.20. The second kappa shape index (κ2) is 11.1. The lowest BCUT2D eigenvalue weighted by molar-refractivity contribution is 0.253. The van der Waals surface area contributed by atoms with Gasteiger partial charge in [-0.3, -0.25) is 0 Å². The van der Waals surface area contributed by atoms with Gasteiger partial charge in [-0.15, -0.1) is 0 Å². The molecule has 0 aromatic heterocycles. The van der Waals surface area contributed by atoms with Gasteiger partial charge in [-0.1, -0.05) is 76.7 Å². The lowest BCUT2D eigenvalue weighted by Crippen LogP contribution is -2.14. The lowest BCUT2D eigenvalue weighted by Gasteiger charge is -2.28. The standard InChI is InChI=1S/C23H40/c1-3-5-9-21-16-18-23(19-17-21)11-7-6-10-22-14-12-20(8-4-2)13-15-22/h5,7,9,11,20-23H,3-4,6,8,10,12-19H2,1-2H3. The first-order valence-electron chi connectivity index (χ1n) is 10.6. The highest BCUT2D eigenvalue weighted by Crippen LogP contribution is 2.34. The van der Waals surface area contributed by atoms with E-state index < -0.39 is 0 Å². The molecule has 0 radical (unpaired) electrons. The maximum Gasteiger partial charge on any atom is -0.0233 e. The topological polar surface area (TPSA) is 0 Å². The van der Waals surface area contributed by atoms with Gasteiger partial charge < -0.3 is 0 Å². The second-order valence-corrected chi connectivity index (χ2v) is 8.19. The largest absolute Gasteiger partial charge is 0.0885 e. The molecule has 0 saturated heterocycles. The van der Waals surface area contributed by atoms with Crippen LogP contribution >= 0.6 is 0 Å². The SMILES string of the molecule is CCC=CC1CCC(C=CCCC2CCC(CCC)CC2)CC1. The number of hydrogen-bond acceptors (Lipinski definition) is 0. The van der Waals surface area contributed by atoms with E-state index in [1.54, 1.807) is 0 Å². The van der Waals surface area contributed by atoms with Crippen LogP contribution in [0.1, 0.15) is 97.3 Å². The quantitative estimate of drug-likeness (QED) is 0.402. The number of allylic oxidation sites excluding steroid dienone is 4. The van der Waals surface area contributed by atoms with Gasteiger partial charge in [0.15, 0.2) is 0 Å². The van der Waals surface area contributed by atoms with Crippen molar-refractivity contribution in [1.82, 2.24) is 0 Å². The summed E-state index contributed by atoms with van der Waals surface area (Å²) < 4.78 is 0. The molecule has 0 amide bonds. The Morgan fingerprint density at radius 2 is 1.17 bits per heavy atom. The maximum absolute atomic E-state index is 2.56. The molecule has 0 bridgehead atoms. The van der Waals surface area contributed by atoms with Crippen molar-refractivity contribution in [2.75, 3.05) is 0 Å². The Kier molecular flexibility index (Phi) is 9.09. The van der Waals surface area contributed by atoms with Crippen LogP contribution in [0.2, 0.25) is 0 Å². The number of hydrogen-bond donors (Lipinski definition) is 0. The van der Waals surface area contributed by atoms with Gasteiger partial charge in [-0.2, -0.15) is 0 Å². The summed E-state index contributed by atoms with van der Waals surface area (Å²) in [6.07, 6.45) is 28.4. The minimum Gasteiger partial charge on any atom is -0.0885 e. The van der Waals surface area contributed by atoms with Gasteiger partial charge in [-0.25, -0.2) is 0 Å². The Morgan fingerprint density at radius 1 is 0.652 bits per heavy atom. The van der Waals surface area contributed by atoms with Crippen molar-refractivity contribution in [2.45, 2.75) is 97.3 Å². The van der Waals surface area contributed by atoms with Gasteiger partial charge >= 0.3 is 0 Å². The molecule has 0 heteroatoms. The van der Waals surface area contributed by atoms with E-state index in [0.29, 0.717) is 0 Å². The van der Waals surface area contributed by atoms with Crippen molar-refractivity contribution < 1.29 is 0 Å². The summed E-state index contributed by atoms with van der Waals surface area (Å²) in [6, 6.07) is 0. The van der Waals surface area contributed by atoms with Crippen molar-refractivity contribution in [1.29, 1.82) is 0 Å². The van der Waals surface area contributed by atoms with Gasteiger partial charge in [-0.05, 0) is 68.6 Å². The zero-order valence-corrected chi connectivity index (χ0v) is 15.8. The zero-order chi connectivity index (χ0) is 16.3. The van der Waals surface area contributed by atoms with Crippen LogP contribution in [0.5, 0.6) is 0 Å². The smallest absolute Gasteiger partial charge is 0.0233 e. The highest BCUT2D eigenvalue weighted by atomic mass is 14.3. The molecule has 2 aliphatic rings. The molecule has 2 aliphatic carbocycles. The molecule has 23 heavy (non-hydrogen) atoms. The maximum atomic E-state index is 2.56. The van der Waals surface area contributed by atoms with Crippen LogP contribution in [-0.4, -0.2) is 0 Å². The van der Waals surface area contributed by atoms with Gasteiger partial charge in [0.1, 0.15) is 0 Å². The highest BCUT2D eigenvalue weighted by molar-refractivity contribution is 4.96.